The molecular weight excluding hydrogens is 372 g/mol. The number of aryl methyl sites for hydroxylation is 1. The molecule has 4 aliphatic heterocycles. The van der Waals surface area contributed by atoms with Gasteiger partial charge in [-0.25, -0.2) is 8.78 Å². The molecule has 5 heterocycles. The number of carbonyl (C=O) groups excluding carboxylic acids is 1. The summed E-state index contributed by atoms with van der Waals surface area (Å²) in [5, 5.41) is 0. The van der Waals surface area contributed by atoms with Crippen molar-refractivity contribution in [3.05, 3.63) is 65.5 Å². The molecule has 3 atom stereocenters. The molecule has 0 unspecified atom stereocenters. The van der Waals surface area contributed by atoms with E-state index >= 15 is 0 Å². The highest BCUT2D eigenvalue weighted by Gasteiger charge is 2.54. The summed E-state index contributed by atoms with van der Waals surface area (Å²) in [6.45, 7) is 2.55. The van der Waals surface area contributed by atoms with E-state index in [2.05, 4.69) is 9.88 Å². The van der Waals surface area contributed by atoms with Crippen LogP contribution >= 0.6 is 0 Å². The van der Waals surface area contributed by atoms with Crippen LogP contribution in [0, 0.1) is 17.6 Å². The highest BCUT2D eigenvalue weighted by atomic mass is 19.1. The number of pyridine rings is 1. The second-order valence-electron chi connectivity index (χ2n) is 8.53. The lowest BCUT2D eigenvalue weighted by Gasteiger charge is -2.51. The van der Waals surface area contributed by atoms with E-state index in [1.165, 1.54) is 12.1 Å². The first kappa shape index (κ1) is 18.7. The summed E-state index contributed by atoms with van der Waals surface area (Å²) in [5.74, 6) is -0.544. The Balaban J connectivity index is 1.41. The molecule has 0 saturated carbocycles. The standard InChI is InChI=1S/C23H25F2N3O/c24-17-11-16(12-18(25)13-17)20-14-28(21(29)5-4-19-3-1-2-8-26-19)22-15-6-9-27(10-7-15)23(20)22/h1-3,8,11-13,15,20,22-23H,4-7,9-10,14H2/t20-,22+,23+/m1/s1. The molecule has 6 rings (SSSR count). The molecule has 4 aliphatic rings. The Kier molecular flexibility index (Phi) is 4.82. The molecular formula is C23H25F2N3O. The molecule has 29 heavy (non-hydrogen) atoms. The topological polar surface area (TPSA) is 36.4 Å². The zero-order valence-corrected chi connectivity index (χ0v) is 16.3. The number of carbonyl (C=O) groups is 1. The lowest BCUT2D eigenvalue weighted by molar-refractivity contribution is -0.135. The monoisotopic (exact) mass is 397 g/mol. The van der Waals surface area contributed by atoms with Crippen LogP contribution in [0.2, 0.25) is 0 Å². The summed E-state index contributed by atoms with van der Waals surface area (Å²) < 4.78 is 27.8. The van der Waals surface area contributed by atoms with Crippen LogP contribution in [-0.2, 0) is 11.2 Å². The van der Waals surface area contributed by atoms with Gasteiger partial charge in [-0.15, -0.1) is 0 Å². The number of rotatable bonds is 4. The molecule has 152 valence electrons. The van der Waals surface area contributed by atoms with Gasteiger partial charge in [0.05, 0.1) is 6.04 Å². The maximum atomic E-state index is 13.9. The Morgan fingerprint density at radius 1 is 1.07 bits per heavy atom. The van der Waals surface area contributed by atoms with Crippen molar-refractivity contribution in [2.75, 3.05) is 19.6 Å². The predicted octanol–water partition coefficient (Wildman–Crippen LogP) is 3.38. The SMILES string of the molecule is O=C(CCc1ccccn1)N1C[C@H](c2cc(F)cc(F)c2)[C@H]2[C@@H]1C1CCN2CC1. The molecule has 2 aromatic rings. The second-order valence-corrected chi connectivity index (χ2v) is 8.53. The van der Waals surface area contributed by atoms with Gasteiger partial charge in [-0.05, 0) is 68.1 Å². The van der Waals surface area contributed by atoms with Crippen molar-refractivity contribution in [2.24, 2.45) is 5.92 Å². The van der Waals surface area contributed by atoms with Gasteiger partial charge in [-0.2, -0.15) is 0 Å². The molecule has 1 aromatic heterocycles. The molecule has 4 saturated heterocycles. The van der Waals surface area contributed by atoms with E-state index in [0.29, 0.717) is 30.9 Å². The van der Waals surface area contributed by atoms with E-state index in [1.54, 1.807) is 6.20 Å². The van der Waals surface area contributed by atoms with Gasteiger partial charge in [0.15, 0.2) is 0 Å². The molecule has 0 radical (unpaired) electrons. The maximum absolute atomic E-state index is 13.9. The molecule has 4 nitrogen and oxygen atoms in total. The van der Waals surface area contributed by atoms with Crippen molar-refractivity contribution in [3.8, 4) is 0 Å². The minimum atomic E-state index is -0.549. The first-order valence-corrected chi connectivity index (χ1v) is 10.5. The minimum absolute atomic E-state index is 0.0490. The Labute approximate surface area is 169 Å². The maximum Gasteiger partial charge on any atom is 0.223 e. The Morgan fingerprint density at radius 3 is 2.52 bits per heavy atom. The van der Waals surface area contributed by atoms with Gasteiger partial charge in [0, 0.05) is 42.9 Å². The molecule has 6 heteroatoms. The van der Waals surface area contributed by atoms with Crippen LogP contribution in [0.15, 0.2) is 42.6 Å². The summed E-state index contributed by atoms with van der Waals surface area (Å²) in [7, 11) is 0. The third-order valence-electron chi connectivity index (χ3n) is 6.95. The molecule has 4 fully saturated rings. The van der Waals surface area contributed by atoms with Crippen LogP contribution in [-0.4, -0.2) is 52.4 Å². The summed E-state index contributed by atoms with van der Waals surface area (Å²) >= 11 is 0. The van der Waals surface area contributed by atoms with E-state index in [1.807, 2.05) is 23.1 Å². The summed E-state index contributed by atoms with van der Waals surface area (Å²) in [5.41, 5.74) is 1.58. The number of benzene rings is 1. The number of amides is 1. The number of fused-ring (bicyclic) bond motifs is 2. The summed E-state index contributed by atoms with van der Waals surface area (Å²) in [6, 6.07) is 9.83. The van der Waals surface area contributed by atoms with Crippen LogP contribution in [0.25, 0.3) is 0 Å². The highest BCUT2D eigenvalue weighted by molar-refractivity contribution is 5.77. The molecule has 0 spiro atoms. The van der Waals surface area contributed by atoms with Gasteiger partial charge in [0.2, 0.25) is 5.91 Å². The Hall–Kier alpha value is -2.34. The van der Waals surface area contributed by atoms with E-state index in [4.69, 9.17) is 0 Å². The first-order chi connectivity index (χ1) is 14.1. The highest BCUT2D eigenvalue weighted by Crippen LogP contribution is 2.46. The molecule has 1 amide bonds. The number of aromatic nitrogens is 1. The van der Waals surface area contributed by atoms with E-state index in [0.717, 1.165) is 37.7 Å². The van der Waals surface area contributed by atoms with Gasteiger partial charge in [0.1, 0.15) is 11.6 Å². The fourth-order valence-corrected chi connectivity index (χ4v) is 5.71. The van der Waals surface area contributed by atoms with Crippen molar-refractivity contribution in [3.63, 3.8) is 0 Å². The average molecular weight is 397 g/mol. The second kappa shape index (κ2) is 7.48. The van der Waals surface area contributed by atoms with Crippen LogP contribution < -0.4 is 0 Å². The number of likely N-dealkylation sites (tertiary alicyclic amines) is 1. The smallest absolute Gasteiger partial charge is 0.223 e. The third kappa shape index (κ3) is 3.44. The number of nitrogens with zero attached hydrogens (tertiary/aromatic N) is 3. The normalized spacial score (nSPS) is 30.4. The first-order valence-electron chi connectivity index (χ1n) is 10.5. The molecule has 0 aliphatic carbocycles. The molecule has 0 N–H and O–H groups in total. The van der Waals surface area contributed by atoms with Crippen molar-refractivity contribution < 1.29 is 13.6 Å². The van der Waals surface area contributed by atoms with Gasteiger partial charge < -0.3 is 4.90 Å². The Bertz CT molecular complexity index is 878. The van der Waals surface area contributed by atoms with E-state index < -0.39 is 11.6 Å². The van der Waals surface area contributed by atoms with Crippen molar-refractivity contribution in [2.45, 2.75) is 43.7 Å². The average Bonchev–Trinajstić information content (AvgIpc) is 3.16. The number of hydrogen-bond acceptors (Lipinski definition) is 3. The Morgan fingerprint density at radius 2 is 1.83 bits per heavy atom. The zero-order valence-electron chi connectivity index (χ0n) is 16.3. The van der Waals surface area contributed by atoms with Crippen LogP contribution in [0.4, 0.5) is 8.78 Å². The number of halogens is 2. The van der Waals surface area contributed by atoms with Crippen LogP contribution in [0.1, 0.15) is 36.4 Å². The molecule has 2 bridgehead atoms. The van der Waals surface area contributed by atoms with E-state index in [-0.39, 0.29) is 23.9 Å². The zero-order chi connectivity index (χ0) is 20.0. The lowest BCUT2D eigenvalue weighted by Crippen LogP contribution is -2.60. The van der Waals surface area contributed by atoms with Gasteiger partial charge in [0.25, 0.3) is 0 Å². The van der Waals surface area contributed by atoms with Crippen LogP contribution in [0.5, 0.6) is 0 Å². The van der Waals surface area contributed by atoms with Crippen molar-refractivity contribution in [1.29, 1.82) is 0 Å². The van der Waals surface area contributed by atoms with Gasteiger partial charge in [-0.3, -0.25) is 14.7 Å². The van der Waals surface area contributed by atoms with Crippen molar-refractivity contribution >= 4 is 5.91 Å². The van der Waals surface area contributed by atoms with Gasteiger partial charge >= 0.3 is 0 Å². The summed E-state index contributed by atoms with van der Waals surface area (Å²) in [6.07, 6.45) is 4.96. The predicted molar refractivity (Wildman–Crippen MR) is 105 cm³/mol. The lowest BCUT2D eigenvalue weighted by atomic mass is 9.75. The van der Waals surface area contributed by atoms with Gasteiger partial charge in [-0.1, -0.05) is 6.07 Å². The largest absolute Gasteiger partial charge is 0.337 e. The number of hydrogen-bond donors (Lipinski definition) is 0. The third-order valence-corrected chi connectivity index (χ3v) is 6.95. The number of piperidine rings is 3. The van der Waals surface area contributed by atoms with Crippen molar-refractivity contribution in [1.82, 2.24) is 14.8 Å². The molecule has 1 aromatic carbocycles. The van der Waals surface area contributed by atoms with Crippen LogP contribution in [0.3, 0.4) is 0 Å². The minimum Gasteiger partial charge on any atom is -0.337 e. The fraction of sp³-hybridized carbons (Fsp3) is 0.478. The van der Waals surface area contributed by atoms with E-state index in [9.17, 15) is 13.6 Å². The summed E-state index contributed by atoms with van der Waals surface area (Å²) in [4.78, 5) is 22.0. The quantitative estimate of drug-likeness (QED) is 0.794. The fourth-order valence-electron chi connectivity index (χ4n) is 5.71.